The molecule has 0 bridgehead atoms. The first-order valence-corrected chi connectivity index (χ1v) is 7.82. The van der Waals surface area contributed by atoms with Gasteiger partial charge in [-0.15, -0.1) is 0 Å². The molecule has 1 aromatic carbocycles. The van der Waals surface area contributed by atoms with E-state index in [1.54, 1.807) is 0 Å². The van der Waals surface area contributed by atoms with Crippen LogP contribution in [0.5, 0.6) is 11.8 Å². The quantitative estimate of drug-likeness (QED) is 0.753. The van der Waals surface area contributed by atoms with Gasteiger partial charge in [-0.05, 0) is 37.0 Å². The molecule has 1 heterocycles. The largest absolute Gasteiger partial charge is 0.480 e. The summed E-state index contributed by atoms with van der Waals surface area (Å²) < 4.78 is 11.2. The Morgan fingerprint density at radius 1 is 1.30 bits per heavy atom. The zero-order chi connectivity index (χ0) is 17.0. The van der Waals surface area contributed by atoms with E-state index in [2.05, 4.69) is 25.9 Å². The highest BCUT2D eigenvalue weighted by atomic mass is 79.9. The normalized spacial score (nSPS) is 12.2. The van der Waals surface area contributed by atoms with Crippen molar-refractivity contribution in [2.75, 3.05) is 14.2 Å². The van der Waals surface area contributed by atoms with E-state index in [1.807, 2.05) is 12.1 Å². The molecule has 1 aromatic heterocycles. The maximum atomic E-state index is 10.8. The van der Waals surface area contributed by atoms with Gasteiger partial charge in [-0.1, -0.05) is 15.9 Å². The third kappa shape index (κ3) is 4.08. The first-order chi connectivity index (χ1) is 11.0. The molecule has 8 heteroatoms. The van der Waals surface area contributed by atoms with Crippen molar-refractivity contribution in [1.82, 2.24) is 9.97 Å². The van der Waals surface area contributed by atoms with Crippen molar-refractivity contribution in [3.8, 4) is 11.8 Å². The second kappa shape index (κ2) is 7.56. The van der Waals surface area contributed by atoms with Crippen molar-refractivity contribution in [3.05, 3.63) is 22.2 Å². The number of fused-ring (bicyclic) bond motifs is 1. The minimum atomic E-state index is -0.990. The fraction of sp³-hybridized carbons (Fsp3) is 0.400. The molecule has 0 saturated carbocycles. The molecule has 7 nitrogen and oxygen atoms in total. The molecule has 0 aliphatic carbocycles. The average molecular weight is 384 g/mol. The van der Waals surface area contributed by atoms with Crippen LogP contribution >= 0.6 is 15.9 Å². The fourth-order valence-electron chi connectivity index (χ4n) is 2.25. The zero-order valence-electron chi connectivity index (χ0n) is 12.9. The van der Waals surface area contributed by atoms with E-state index in [0.29, 0.717) is 42.1 Å². The lowest BCUT2D eigenvalue weighted by atomic mass is 10.0. The van der Waals surface area contributed by atoms with Gasteiger partial charge in [0.2, 0.25) is 0 Å². The van der Waals surface area contributed by atoms with Crippen molar-refractivity contribution in [1.29, 1.82) is 0 Å². The molecule has 124 valence electrons. The van der Waals surface area contributed by atoms with Crippen LogP contribution in [0.3, 0.4) is 0 Å². The molecule has 2 aromatic rings. The number of hydrogen-bond donors (Lipinski definition) is 2. The number of nitrogens with zero attached hydrogens (tertiary/aromatic N) is 2. The predicted molar refractivity (Wildman–Crippen MR) is 88.9 cm³/mol. The Morgan fingerprint density at radius 3 is 2.57 bits per heavy atom. The van der Waals surface area contributed by atoms with Gasteiger partial charge in [0.25, 0.3) is 11.8 Å². The number of carbonyl (C=O) groups is 1. The van der Waals surface area contributed by atoms with Gasteiger partial charge in [0.05, 0.1) is 25.3 Å². The monoisotopic (exact) mass is 383 g/mol. The standard InChI is InChI=1S/C15H18BrN3O4/c1-22-13-14(23-2)19-12-8(4-3-5-10(17)15(20)21)6-9(16)7-11(12)18-13/h6-7,10H,3-5,17H2,1-2H3,(H,20,21). The minimum absolute atomic E-state index is 0.311. The van der Waals surface area contributed by atoms with E-state index in [0.717, 1.165) is 10.0 Å². The van der Waals surface area contributed by atoms with Crippen LogP contribution in [0.15, 0.2) is 16.6 Å². The van der Waals surface area contributed by atoms with Crippen LogP contribution in [0.4, 0.5) is 0 Å². The van der Waals surface area contributed by atoms with E-state index in [9.17, 15) is 4.79 Å². The summed E-state index contributed by atoms with van der Waals surface area (Å²) in [5.74, 6) is -0.363. The number of rotatable bonds is 7. The molecule has 0 aliphatic rings. The van der Waals surface area contributed by atoms with E-state index >= 15 is 0 Å². The summed E-state index contributed by atoms with van der Waals surface area (Å²) in [5, 5.41) is 8.84. The molecule has 0 saturated heterocycles. The number of benzene rings is 1. The average Bonchev–Trinajstić information content (AvgIpc) is 2.53. The number of aliphatic carboxylic acids is 1. The van der Waals surface area contributed by atoms with Crippen molar-refractivity contribution in [2.24, 2.45) is 5.73 Å². The third-order valence-corrected chi connectivity index (χ3v) is 3.87. The number of nitrogens with two attached hydrogens (primary N) is 1. The van der Waals surface area contributed by atoms with Crippen molar-refractivity contribution >= 4 is 32.9 Å². The molecule has 0 aliphatic heterocycles. The number of ether oxygens (including phenoxy) is 2. The SMILES string of the molecule is COc1nc2cc(Br)cc(CCCC(N)C(=O)O)c2nc1OC. The van der Waals surface area contributed by atoms with Crippen LogP contribution in [0.25, 0.3) is 11.0 Å². The molecule has 1 atom stereocenters. The minimum Gasteiger partial charge on any atom is -0.480 e. The van der Waals surface area contributed by atoms with Crippen LogP contribution < -0.4 is 15.2 Å². The summed E-state index contributed by atoms with van der Waals surface area (Å²) in [6.07, 6.45) is 1.67. The molecular weight excluding hydrogens is 366 g/mol. The lowest BCUT2D eigenvalue weighted by Gasteiger charge is -2.11. The van der Waals surface area contributed by atoms with Gasteiger partial charge in [-0.2, -0.15) is 0 Å². The van der Waals surface area contributed by atoms with Gasteiger partial charge in [0, 0.05) is 4.47 Å². The summed E-state index contributed by atoms with van der Waals surface area (Å²) in [4.78, 5) is 19.6. The van der Waals surface area contributed by atoms with Gasteiger partial charge in [0.15, 0.2) is 0 Å². The maximum absolute atomic E-state index is 10.8. The molecule has 0 fully saturated rings. The summed E-state index contributed by atoms with van der Waals surface area (Å²) in [7, 11) is 3.01. The smallest absolute Gasteiger partial charge is 0.320 e. The predicted octanol–water partition coefficient (Wildman–Crippen LogP) is 2.14. The van der Waals surface area contributed by atoms with E-state index in [4.69, 9.17) is 20.3 Å². The highest BCUT2D eigenvalue weighted by Crippen LogP contribution is 2.29. The number of hydrogen-bond acceptors (Lipinski definition) is 6. The van der Waals surface area contributed by atoms with Gasteiger partial charge >= 0.3 is 5.97 Å². The second-order valence-corrected chi connectivity index (χ2v) is 5.93. The van der Waals surface area contributed by atoms with Crippen LogP contribution in [0, 0.1) is 0 Å². The summed E-state index contributed by atoms with van der Waals surface area (Å²) in [5.41, 5.74) is 7.86. The number of halogens is 1. The highest BCUT2D eigenvalue weighted by Gasteiger charge is 2.15. The highest BCUT2D eigenvalue weighted by molar-refractivity contribution is 9.10. The maximum Gasteiger partial charge on any atom is 0.320 e. The number of carboxylic acids is 1. The van der Waals surface area contributed by atoms with Gasteiger partial charge < -0.3 is 20.3 Å². The van der Waals surface area contributed by atoms with Gasteiger partial charge in [-0.25, -0.2) is 9.97 Å². The Labute approximate surface area is 141 Å². The van der Waals surface area contributed by atoms with Crippen LogP contribution in [-0.2, 0) is 11.2 Å². The Kier molecular flexibility index (Phi) is 5.73. The van der Waals surface area contributed by atoms with Crippen molar-refractivity contribution in [3.63, 3.8) is 0 Å². The number of carboxylic acid groups (broad SMARTS) is 1. The zero-order valence-corrected chi connectivity index (χ0v) is 14.5. The van der Waals surface area contributed by atoms with Crippen LogP contribution in [-0.4, -0.2) is 41.3 Å². The summed E-state index contributed by atoms with van der Waals surface area (Å²) >= 11 is 3.45. The first kappa shape index (κ1) is 17.4. The van der Waals surface area contributed by atoms with Crippen molar-refractivity contribution < 1.29 is 19.4 Å². The second-order valence-electron chi connectivity index (χ2n) is 5.01. The molecule has 1 unspecified atom stereocenters. The molecule has 23 heavy (non-hydrogen) atoms. The topological polar surface area (TPSA) is 108 Å². The van der Waals surface area contributed by atoms with Gasteiger partial charge in [-0.3, -0.25) is 4.79 Å². The third-order valence-electron chi connectivity index (χ3n) is 3.42. The molecular formula is C15H18BrN3O4. The summed E-state index contributed by atoms with van der Waals surface area (Å²) in [6, 6.07) is 2.93. The molecule has 2 rings (SSSR count). The molecule has 0 radical (unpaired) electrons. The van der Waals surface area contributed by atoms with Crippen LogP contribution in [0.2, 0.25) is 0 Å². The Bertz CT molecular complexity index is 723. The molecule has 0 spiro atoms. The lowest BCUT2D eigenvalue weighted by Crippen LogP contribution is -2.29. The Balaban J connectivity index is 2.33. The number of aromatic nitrogens is 2. The van der Waals surface area contributed by atoms with Crippen LogP contribution in [0.1, 0.15) is 18.4 Å². The van der Waals surface area contributed by atoms with E-state index < -0.39 is 12.0 Å². The summed E-state index contributed by atoms with van der Waals surface area (Å²) in [6.45, 7) is 0. The van der Waals surface area contributed by atoms with E-state index in [1.165, 1.54) is 14.2 Å². The fourth-order valence-corrected chi connectivity index (χ4v) is 2.75. The lowest BCUT2D eigenvalue weighted by molar-refractivity contribution is -0.138. The first-order valence-electron chi connectivity index (χ1n) is 7.02. The van der Waals surface area contributed by atoms with Crippen molar-refractivity contribution in [2.45, 2.75) is 25.3 Å². The Hall–Kier alpha value is -1.93. The number of aryl methyl sites for hydroxylation is 1. The van der Waals surface area contributed by atoms with E-state index in [-0.39, 0.29) is 0 Å². The Morgan fingerprint density at radius 2 is 1.96 bits per heavy atom. The number of methoxy groups -OCH3 is 2. The molecule has 0 amide bonds. The van der Waals surface area contributed by atoms with Gasteiger partial charge in [0.1, 0.15) is 6.04 Å². The molecule has 3 N–H and O–H groups in total.